The van der Waals surface area contributed by atoms with Crippen molar-refractivity contribution < 1.29 is 0 Å². The van der Waals surface area contributed by atoms with E-state index in [0.717, 1.165) is 29.0 Å². The van der Waals surface area contributed by atoms with Gasteiger partial charge in [-0.2, -0.15) is 0 Å². The summed E-state index contributed by atoms with van der Waals surface area (Å²) in [5.41, 5.74) is 23.8. The van der Waals surface area contributed by atoms with E-state index in [9.17, 15) is 0 Å². The molecular weight excluding hydrogens is 965 g/mol. The molecular formula is C78H56N2. The van der Waals surface area contributed by atoms with E-state index in [-0.39, 0.29) is 0 Å². The zero-order valence-electron chi connectivity index (χ0n) is 44.5. The molecule has 1 heterocycles. The van der Waals surface area contributed by atoms with Gasteiger partial charge in [-0.3, -0.25) is 0 Å². The number of rotatable bonds is 10. The SMILES string of the molecule is CC1C=CC=C(n2c3ccccc3c3cc(-c4ccc(N(c5ccc(-c6cccc7c6-c6ccccc6C7(c6ccccc6)c6ccccc6)cc5)c5ccccc5-c5cccc6cccc(-c7ccccc7)c56)cc4)ccc32)C1. The molecule has 0 aliphatic heterocycles. The second-order valence-corrected chi connectivity index (χ2v) is 21.6. The van der Waals surface area contributed by atoms with E-state index >= 15 is 0 Å². The minimum absolute atomic E-state index is 0.479. The molecule has 1 aromatic heterocycles. The first-order valence-electron chi connectivity index (χ1n) is 28.0. The maximum Gasteiger partial charge on any atom is 0.0713 e. The van der Waals surface area contributed by atoms with Gasteiger partial charge < -0.3 is 9.47 Å². The molecule has 0 saturated carbocycles. The van der Waals surface area contributed by atoms with Gasteiger partial charge in [0.15, 0.2) is 0 Å². The summed E-state index contributed by atoms with van der Waals surface area (Å²) in [6.45, 7) is 2.30. The third-order valence-electron chi connectivity index (χ3n) is 17.0. The summed E-state index contributed by atoms with van der Waals surface area (Å²) in [4.78, 5) is 2.46. The highest BCUT2D eigenvalue weighted by molar-refractivity contribution is 6.12. The predicted octanol–water partition coefficient (Wildman–Crippen LogP) is 20.9. The molecule has 2 nitrogen and oxygen atoms in total. The number of hydrogen-bond donors (Lipinski definition) is 0. The molecule has 80 heavy (non-hydrogen) atoms. The zero-order chi connectivity index (χ0) is 53.2. The third kappa shape index (κ3) is 7.63. The molecule has 2 heteroatoms. The van der Waals surface area contributed by atoms with Crippen LogP contribution in [0.25, 0.3) is 93.9 Å². The molecule has 0 N–H and O–H groups in total. The number of benzene rings is 12. The Balaban J connectivity index is 0.884. The van der Waals surface area contributed by atoms with E-state index in [2.05, 4.69) is 320 Å². The second-order valence-electron chi connectivity index (χ2n) is 21.6. The van der Waals surface area contributed by atoms with Crippen LogP contribution < -0.4 is 4.90 Å². The fourth-order valence-corrected chi connectivity index (χ4v) is 13.5. The normalized spacial score (nSPS) is 14.3. The van der Waals surface area contributed by atoms with Crippen LogP contribution >= 0.6 is 0 Å². The van der Waals surface area contributed by atoms with Gasteiger partial charge in [0.1, 0.15) is 0 Å². The fraction of sp³-hybridized carbons (Fsp3) is 0.0513. The van der Waals surface area contributed by atoms with Crippen molar-refractivity contribution in [1.82, 2.24) is 4.57 Å². The van der Waals surface area contributed by atoms with Crippen LogP contribution in [0.1, 0.15) is 35.6 Å². The van der Waals surface area contributed by atoms with Crippen LogP contribution in [-0.2, 0) is 5.41 Å². The van der Waals surface area contributed by atoms with Gasteiger partial charge in [0.05, 0.1) is 22.1 Å². The summed E-state index contributed by atoms with van der Waals surface area (Å²) in [6, 6.07) is 106. The molecule has 15 rings (SSSR count). The van der Waals surface area contributed by atoms with Crippen molar-refractivity contribution in [2.45, 2.75) is 18.8 Å². The van der Waals surface area contributed by atoms with Crippen molar-refractivity contribution in [3.05, 3.63) is 326 Å². The molecule has 378 valence electrons. The summed E-state index contributed by atoms with van der Waals surface area (Å²) < 4.78 is 2.48. The second kappa shape index (κ2) is 19.5. The standard InChI is InChI=1S/C78H56N2/c1-53-21-17-30-63(51-53)80-74-40-16-13-32-67(74)70-52-58(45-50-75(70)80)54-41-46-61(47-42-54)79(73-39-15-12-31-66(73)68-36-19-25-57-24-18-34-64(76(57)68)55-22-5-2-6-23-55)62-48-43-56(44-49-62)65-35-20-38-72-77(65)69-33-11-14-37-71(69)78(72,59-26-7-3-8-27-59)60-28-9-4-10-29-60/h2-50,52-53H,51H2,1H3. The monoisotopic (exact) mass is 1020 g/mol. The highest BCUT2D eigenvalue weighted by Gasteiger charge is 2.46. The molecule has 0 saturated heterocycles. The number of aromatic nitrogens is 1. The van der Waals surface area contributed by atoms with Crippen molar-refractivity contribution in [3.63, 3.8) is 0 Å². The Morgan fingerprint density at radius 3 is 1.66 bits per heavy atom. The van der Waals surface area contributed by atoms with Gasteiger partial charge in [-0.1, -0.05) is 256 Å². The lowest BCUT2D eigenvalue weighted by atomic mass is 9.67. The molecule has 1 atom stereocenters. The first-order chi connectivity index (χ1) is 39.6. The van der Waals surface area contributed by atoms with Crippen molar-refractivity contribution in [2.75, 3.05) is 4.90 Å². The number of anilines is 3. The predicted molar refractivity (Wildman–Crippen MR) is 338 cm³/mol. The van der Waals surface area contributed by atoms with Crippen LogP contribution in [0.2, 0.25) is 0 Å². The lowest BCUT2D eigenvalue weighted by molar-refractivity contribution is 0.730. The lowest BCUT2D eigenvalue weighted by Gasteiger charge is -2.34. The average molecular weight is 1020 g/mol. The first-order valence-corrected chi connectivity index (χ1v) is 28.0. The van der Waals surface area contributed by atoms with E-state index in [1.54, 1.807) is 0 Å². The van der Waals surface area contributed by atoms with E-state index in [4.69, 9.17) is 0 Å². The van der Waals surface area contributed by atoms with Gasteiger partial charge in [0.25, 0.3) is 0 Å². The topological polar surface area (TPSA) is 8.17 Å². The Morgan fingerprint density at radius 1 is 0.400 bits per heavy atom. The van der Waals surface area contributed by atoms with E-state index in [0.29, 0.717) is 5.92 Å². The van der Waals surface area contributed by atoms with E-state index in [1.165, 1.54) is 111 Å². The van der Waals surface area contributed by atoms with Gasteiger partial charge in [0.2, 0.25) is 0 Å². The number of hydrogen-bond acceptors (Lipinski definition) is 1. The number of allylic oxidation sites excluding steroid dienone is 4. The minimum Gasteiger partial charge on any atom is -0.313 e. The van der Waals surface area contributed by atoms with E-state index < -0.39 is 5.41 Å². The van der Waals surface area contributed by atoms with Crippen LogP contribution in [0.3, 0.4) is 0 Å². The molecule has 0 spiro atoms. The van der Waals surface area contributed by atoms with Crippen molar-refractivity contribution in [2.24, 2.45) is 5.92 Å². The lowest BCUT2D eigenvalue weighted by Crippen LogP contribution is -2.28. The molecule has 2 aliphatic carbocycles. The molecule has 12 aromatic carbocycles. The quantitative estimate of drug-likeness (QED) is 0.133. The number of fused-ring (bicyclic) bond motifs is 7. The number of para-hydroxylation sites is 2. The smallest absolute Gasteiger partial charge is 0.0713 e. The maximum absolute atomic E-state index is 2.48. The Morgan fingerprint density at radius 2 is 0.938 bits per heavy atom. The highest BCUT2D eigenvalue weighted by Crippen LogP contribution is 2.58. The van der Waals surface area contributed by atoms with Crippen LogP contribution in [0.4, 0.5) is 17.1 Å². The molecule has 13 aromatic rings. The zero-order valence-corrected chi connectivity index (χ0v) is 44.5. The van der Waals surface area contributed by atoms with Crippen LogP contribution in [0, 0.1) is 5.92 Å². The van der Waals surface area contributed by atoms with Crippen molar-refractivity contribution in [1.29, 1.82) is 0 Å². The number of nitrogens with zero attached hydrogens (tertiary/aromatic N) is 2. The maximum atomic E-state index is 2.48. The summed E-state index contributed by atoms with van der Waals surface area (Å²) in [7, 11) is 0. The largest absolute Gasteiger partial charge is 0.313 e. The molecule has 0 bridgehead atoms. The Hall–Kier alpha value is -10.0. The molecule has 0 radical (unpaired) electrons. The first kappa shape index (κ1) is 47.2. The Kier molecular flexibility index (Phi) is 11.5. The Labute approximate surface area is 468 Å². The summed E-state index contributed by atoms with van der Waals surface area (Å²) in [5, 5.41) is 4.99. The molecule has 0 amide bonds. The Bertz CT molecular complexity index is 4500. The fourth-order valence-electron chi connectivity index (χ4n) is 13.5. The van der Waals surface area contributed by atoms with Gasteiger partial charge in [0, 0.05) is 33.4 Å². The van der Waals surface area contributed by atoms with Gasteiger partial charge in [-0.15, -0.1) is 0 Å². The van der Waals surface area contributed by atoms with E-state index in [1.807, 2.05) is 0 Å². The van der Waals surface area contributed by atoms with Crippen molar-refractivity contribution in [3.8, 4) is 55.6 Å². The van der Waals surface area contributed by atoms with Crippen molar-refractivity contribution >= 4 is 55.3 Å². The summed E-state index contributed by atoms with van der Waals surface area (Å²) >= 11 is 0. The van der Waals surface area contributed by atoms with Gasteiger partial charge in [-0.25, -0.2) is 0 Å². The third-order valence-corrected chi connectivity index (χ3v) is 17.0. The highest BCUT2D eigenvalue weighted by atomic mass is 15.1. The van der Waals surface area contributed by atoms with Crippen LogP contribution in [0.15, 0.2) is 303 Å². The van der Waals surface area contributed by atoms with Crippen LogP contribution in [-0.4, -0.2) is 4.57 Å². The summed E-state index contributed by atoms with van der Waals surface area (Å²) in [5.74, 6) is 0.497. The van der Waals surface area contributed by atoms with Gasteiger partial charge in [-0.05, 0) is 150 Å². The molecule has 0 fully saturated rings. The average Bonchev–Trinajstić information content (AvgIpc) is 4.20. The minimum atomic E-state index is -0.479. The van der Waals surface area contributed by atoms with Gasteiger partial charge >= 0.3 is 0 Å². The molecule has 1 unspecified atom stereocenters. The summed E-state index contributed by atoms with van der Waals surface area (Å²) in [6.07, 6.45) is 7.82. The molecule has 2 aliphatic rings. The van der Waals surface area contributed by atoms with Crippen LogP contribution in [0.5, 0.6) is 0 Å².